The van der Waals surface area contributed by atoms with E-state index in [1.54, 1.807) is 11.3 Å². The Morgan fingerprint density at radius 3 is 2.79 bits per heavy atom. The second-order valence-electron chi connectivity index (χ2n) is 7.37. The first-order valence-corrected chi connectivity index (χ1v) is 10.8. The Labute approximate surface area is 175 Å². The van der Waals surface area contributed by atoms with E-state index in [2.05, 4.69) is 30.7 Å². The Bertz CT molecular complexity index is 783. The maximum Gasteiger partial charge on any atom is 0.191 e. The summed E-state index contributed by atoms with van der Waals surface area (Å²) >= 11 is 1.54. The van der Waals surface area contributed by atoms with Crippen molar-refractivity contribution in [2.75, 3.05) is 45.9 Å². The highest BCUT2D eigenvalue weighted by molar-refractivity contribution is 7.10. The summed E-state index contributed by atoms with van der Waals surface area (Å²) in [5, 5.41) is 27.7. The van der Waals surface area contributed by atoms with Gasteiger partial charge in [0.1, 0.15) is 18.0 Å². The highest BCUT2D eigenvalue weighted by Gasteiger charge is 2.24. The van der Waals surface area contributed by atoms with E-state index in [0.717, 1.165) is 55.9 Å². The number of hydrogen-bond acceptors (Lipinski definition) is 7. The number of rotatable bonds is 8. The van der Waals surface area contributed by atoms with Crippen molar-refractivity contribution < 1.29 is 9.84 Å². The number of thiophene rings is 1. The summed E-state index contributed by atoms with van der Waals surface area (Å²) in [5.41, 5.74) is -0.970. The van der Waals surface area contributed by atoms with Gasteiger partial charge in [0.05, 0.1) is 19.8 Å². The lowest BCUT2D eigenvalue weighted by Gasteiger charge is -2.27. The fourth-order valence-electron chi connectivity index (χ4n) is 3.00. The highest BCUT2D eigenvalue weighted by atomic mass is 32.1. The number of aryl methyl sites for hydroxylation is 1. The van der Waals surface area contributed by atoms with Crippen LogP contribution in [0.25, 0.3) is 0 Å². The molecule has 2 aromatic rings. The lowest BCUT2D eigenvalue weighted by Crippen LogP contribution is -2.47. The van der Waals surface area contributed by atoms with E-state index in [1.807, 2.05) is 43.0 Å². The minimum Gasteiger partial charge on any atom is -0.383 e. The van der Waals surface area contributed by atoms with Gasteiger partial charge in [-0.3, -0.25) is 4.90 Å². The molecule has 3 rings (SSSR count). The van der Waals surface area contributed by atoms with Crippen molar-refractivity contribution in [3.8, 4) is 0 Å². The molecule has 3 heterocycles. The van der Waals surface area contributed by atoms with Crippen LogP contribution in [0.2, 0.25) is 0 Å². The summed E-state index contributed by atoms with van der Waals surface area (Å²) in [4.78, 5) is 7.94. The van der Waals surface area contributed by atoms with Gasteiger partial charge >= 0.3 is 0 Å². The third kappa shape index (κ3) is 6.23. The molecular weight excluding hydrogens is 390 g/mol. The fourth-order valence-corrected chi connectivity index (χ4v) is 3.78. The number of morpholine rings is 1. The zero-order chi connectivity index (χ0) is 20.7. The van der Waals surface area contributed by atoms with Crippen molar-refractivity contribution in [3.05, 3.63) is 34.0 Å². The van der Waals surface area contributed by atoms with Crippen molar-refractivity contribution in [1.82, 2.24) is 30.3 Å². The summed E-state index contributed by atoms with van der Waals surface area (Å²) in [5.74, 6) is 2.29. The molecule has 10 heteroatoms. The normalized spacial score (nSPS) is 17.9. The predicted molar refractivity (Wildman–Crippen MR) is 114 cm³/mol. The van der Waals surface area contributed by atoms with Gasteiger partial charge in [-0.15, -0.1) is 21.5 Å². The van der Waals surface area contributed by atoms with Crippen LogP contribution in [-0.2, 0) is 23.9 Å². The van der Waals surface area contributed by atoms with E-state index in [1.165, 1.54) is 0 Å². The van der Waals surface area contributed by atoms with Gasteiger partial charge in [-0.1, -0.05) is 6.07 Å². The van der Waals surface area contributed by atoms with E-state index in [-0.39, 0.29) is 0 Å². The van der Waals surface area contributed by atoms with E-state index in [9.17, 15) is 5.11 Å². The van der Waals surface area contributed by atoms with Crippen molar-refractivity contribution in [1.29, 1.82) is 0 Å². The van der Waals surface area contributed by atoms with Crippen molar-refractivity contribution in [2.24, 2.45) is 12.0 Å². The summed E-state index contributed by atoms with van der Waals surface area (Å²) in [6, 6.07) is 3.89. The zero-order valence-corrected chi connectivity index (χ0v) is 18.2. The number of hydrogen-bond donors (Lipinski definition) is 3. The second-order valence-corrected chi connectivity index (χ2v) is 8.32. The lowest BCUT2D eigenvalue weighted by molar-refractivity contribution is 0.0388. The minimum absolute atomic E-state index is 0.356. The maximum atomic E-state index is 10.8. The molecule has 3 N–H and O–H groups in total. The fraction of sp³-hybridized carbons (Fsp3) is 0.632. The summed E-state index contributed by atoms with van der Waals surface area (Å²) < 4.78 is 7.33. The molecule has 0 aliphatic carbocycles. The number of guanidine groups is 1. The van der Waals surface area contributed by atoms with Crippen LogP contribution in [0.3, 0.4) is 0 Å². The summed E-state index contributed by atoms with van der Waals surface area (Å²) in [7, 11) is 1.93. The quantitative estimate of drug-likeness (QED) is 0.421. The number of ether oxygens (including phenoxy) is 1. The molecule has 0 bridgehead atoms. The molecule has 160 valence electrons. The molecule has 9 nitrogen and oxygen atoms in total. The lowest BCUT2D eigenvalue weighted by atomic mass is 10.1. The molecule has 1 unspecified atom stereocenters. The molecule has 1 atom stereocenters. The van der Waals surface area contributed by atoms with Crippen molar-refractivity contribution >= 4 is 17.3 Å². The van der Waals surface area contributed by atoms with Crippen LogP contribution < -0.4 is 10.6 Å². The summed E-state index contributed by atoms with van der Waals surface area (Å²) in [6.07, 6.45) is 0. The van der Waals surface area contributed by atoms with E-state index >= 15 is 0 Å². The zero-order valence-electron chi connectivity index (χ0n) is 17.4. The van der Waals surface area contributed by atoms with Crippen LogP contribution in [0.4, 0.5) is 0 Å². The second kappa shape index (κ2) is 10.1. The first-order chi connectivity index (χ1) is 14.0. The van der Waals surface area contributed by atoms with E-state index in [4.69, 9.17) is 4.74 Å². The first kappa shape index (κ1) is 21.7. The van der Waals surface area contributed by atoms with E-state index in [0.29, 0.717) is 19.0 Å². The minimum atomic E-state index is -0.970. The van der Waals surface area contributed by atoms with Crippen LogP contribution in [0.15, 0.2) is 22.5 Å². The topological polar surface area (TPSA) is 99.8 Å². The van der Waals surface area contributed by atoms with Gasteiger partial charge in [0.15, 0.2) is 11.8 Å². The van der Waals surface area contributed by atoms with Crippen LogP contribution in [-0.4, -0.2) is 76.7 Å². The molecule has 0 amide bonds. The molecule has 1 aliphatic rings. The largest absolute Gasteiger partial charge is 0.383 e. The van der Waals surface area contributed by atoms with Gasteiger partial charge in [0, 0.05) is 38.1 Å². The Kier molecular flexibility index (Phi) is 7.59. The Hall–Kier alpha value is -2.01. The molecule has 2 aromatic heterocycles. The Morgan fingerprint density at radius 2 is 2.14 bits per heavy atom. The highest BCUT2D eigenvalue weighted by Crippen LogP contribution is 2.24. The van der Waals surface area contributed by atoms with Crippen molar-refractivity contribution in [2.45, 2.75) is 26.0 Å². The average molecular weight is 422 g/mol. The van der Waals surface area contributed by atoms with Crippen LogP contribution in [0, 0.1) is 6.92 Å². The third-order valence-corrected chi connectivity index (χ3v) is 6.16. The molecule has 0 saturated carbocycles. The van der Waals surface area contributed by atoms with Gasteiger partial charge in [0.2, 0.25) is 0 Å². The number of nitrogens with one attached hydrogen (secondary N) is 2. The number of aromatic nitrogens is 3. The average Bonchev–Trinajstić information content (AvgIpc) is 3.37. The molecular formula is C19H31N7O2S. The summed E-state index contributed by atoms with van der Waals surface area (Å²) in [6.45, 7) is 9.63. The molecule has 1 fully saturated rings. The van der Waals surface area contributed by atoms with Gasteiger partial charge in [0.25, 0.3) is 0 Å². The monoisotopic (exact) mass is 421 g/mol. The Morgan fingerprint density at radius 1 is 1.34 bits per heavy atom. The first-order valence-electron chi connectivity index (χ1n) is 9.89. The maximum absolute atomic E-state index is 10.8. The number of aliphatic hydroxyl groups is 1. The van der Waals surface area contributed by atoms with Crippen LogP contribution in [0.5, 0.6) is 0 Å². The SMILES string of the molecule is Cc1nnc(CN=C(NCCN2CCOCC2)NCC(C)(O)c2cccs2)n1C. The van der Waals surface area contributed by atoms with Crippen molar-refractivity contribution in [3.63, 3.8) is 0 Å². The molecule has 0 aromatic carbocycles. The number of aliphatic imine (C=N–C) groups is 1. The van der Waals surface area contributed by atoms with Crippen LogP contribution >= 0.6 is 11.3 Å². The van der Waals surface area contributed by atoms with E-state index < -0.39 is 5.60 Å². The molecule has 0 radical (unpaired) electrons. The van der Waals surface area contributed by atoms with Gasteiger partial charge in [-0.05, 0) is 25.3 Å². The molecule has 1 saturated heterocycles. The smallest absolute Gasteiger partial charge is 0.191 e. The Balaban J connectivity index is 1.60. The van der Waals surface area contributed by atoms with Gasteiger partial charge < -0.3 is 25.0 Å². The molecule has 1 aliphatic heterocycles. The molecule has 0 spiro atoms. The van der Waals surface area contributed by atoms with Gasteiger partial charge in [-0.2, -0.15) is 0 Å². The van der Waals surface area contributed by atoms with Crippen LogP contribution in [0.1, 0.15) is 23.4 Å². The van der Waals surface area contributed by atoms with Gasteiger partial charge in [-0.25, -0.2) is 4.99 Å². The number of nitrogens with zero attached hydrogens (tertiary/aromatic N) is 5. The molecule has 29 heavy (non-hydrogen) atoms. The predicted octanol–water partition coefficient (Wildman–Crippen LogP) is 0.460. The standard InChI is InChI=1S/C19H31N7O2S/c1-15-23-24-17(25(15)3)13-21-18(20-6-7-26-8-10-28-11-9-26)22-14-19(2,27)16-5-4-12-29-16/h4-5,12,27H,6-11,13-14H2,1-3H3,(H2,20,21,22). The third-order valence-electron chi connectivity index (χ3n) is 5.04.